The third-order valence-electron chi connectivity index (χ3n) is 7.33. The lowest BCUT2D eigenvalue weighted by Gasteiger charge is -2.35. The molecule has 3 aromatic carbocycles. The van der Waals surface area contributed by atoms with Gasteiger partial charge in [-0.2, -0.15) is 0 Å². The molecule has 1 N–H and O–H groups in total. The molecule has 2 aliphatic carbocycles. The van der Waals surface area contributed by atoms with Gasteiger partial charge in [-0.05, 0) is 60.6 Å². The lowest BCUT2D eigenvalue weighted by atomic mass is 9.78. The van der Waals surface area contributed by atoms with Crippen molar-refractivity contribution in [2.24, 2.45) is 5.92 Å². The molecule has 0 unspecified atom stereocenters. The maximum Gasteiger partial charge on any atom is 0.231 e. The number of hydrogen-bond acceptors (Lipinski definition) is 4. The predicted molar refractivity (Wildman–Crippen MR) is 136 cm³/mol. The maximum absolute atomic E-state index is 13.9. The van der Waals surface area contributed by atoms with E-state index in [-0.39, 0.29) is 23.5 Å². The molecule has 1 amide bonds. The van der Waals surface area contributed by atoms with Gasteiger partial charge in [-0.3, -0.25) is 14.5 Å². The summed E-state index contributed by atoms with van der Waals surface area (Å²) in [4.78, 5) is 29.6. The van der Waals surface area contributed by atoms with E-state index in [2.05, 4.69) is 17.4 Å². The lowest BCUT2D eigenvalue weighted by Crippen LogP contribution is -2.39. The number of anilines is 2. The molecule has 1 heterocycles. The average Bonchev–Trinajstić information content (AvgIpc) is 3.75. The van der Waals surface area contributed by atoms with Crippen LogP contribution in [-0.2, 0) is 9.59 Å². The van der Waals surface area contributed by atoms with Crippen molar-refractivity contribution < 1.29 is 14.3 Å². The van der Waals surface area contributed by atoms with E-state index in [1.165, 1.54) is 0 Å². The van der Waals surface area contributed by atoms with Crippen LogP contribution in [0.15, 0.2) is 90.1 Å². The van der Waals surface area contributed by atoms with Crippen LogP contribution in [0, 0.1) is 5.92 Å². The number of amides is 1. The second kappa shape index (κ2) is 8.73. The Kier molecular flexibility index (Phi) is 5.40. The van der Waals surface area contributed by atoms with Crippen LogP contribution >= 0.6 is 0 Å². The molecule has 1 fully saturated rings. The summed E-state index contributed by atoms with van der Waals surface area (Å²) in [7, 11) is 1.64. The van der Waals surface area contributed by atoms with Crippen LogP contribution < -0.4 is 15.0 Å². The first-order valence-electron chi connectivity index (χ1n) is 12.3. The normalized spacial score (nSPS) is 21.5. The number of benzene rings is 3. The van der Waals surface area contributed by atoms with Gasteiger partial charge in [0.2, 0.25) is 5.91 Å². The summed E-state index contributed by atoms with van der Waals surface area (Å²) < 4.78 is 5.52. The first kappa shape index (κ1) is 21.7. The molecule has 3 aliphatic rings. The van der Waals surface area contributed by atoms with Gasteiger partial charge in [0.25, 0.3) is 0 Å². The highest BCUT2D eigenvalue weighted by Crippen LogP contribution is 2.49. The molecule has 3 aromatic rings. The van der Waals surface area contributed by atoms with Gasteiger partial charge in [0.15, 0.2) is 5.78 Å². The molecule has 5 heteroatoms. The van der Waals surface area contributed by atoms with Crippen LogP contribution in [0.1, 0.15) is 48.8 Å². The number of nitrogens with one attached hydrogen (secondary N) is 1. The number of methoxy groups -OCH3 is 1. The van der Waals surface area contributed by atoms with Crippen molar-refractivity contribution >= 4 is 23.1 Å². The smallest absolute Gasteiger partial charge is 0.231 e. The van der Waals surface area contributed by atoms with E-state index in [1.807, 2.05) is 71.6 Å². The Labute approximate surface area is 205 Å². The predicted octanol–water partition coefficient (Wildman–Crippen LogP) is 6.01. The SMILES string of the molecule is COc1cccc([C@@H]2C3=C(C[C@H](c4ccccc4)CC3=O)Nc3ccccc3N2C(=O)C2CC2)c1. The van der Waals surface area contributed by atoms with Crippen molar-refractivity contribution in [3.05, 3.63) is 101 Å². The molecule has 2 atom stereocenters. The van der Waals surface area contributed by atoms with Gasteiger partial charge in [-0.25, -0.2) is 0 Å². The molecule has 1 saturated carbocycles. The van der Waals surface area contributed by atoms with E-state index in [1.54, 1.807) is 7.11 Å². The van der Waals surface area contributed by atoms with Crippen LogP contribution in [0.25, 0.3) is 0 Å². The number of allylic oxidation sites excluding steroid dienone is 1. The molecule has 5 nitrogen and oxygen atoms in total. The highest BCUT2D eigenvalue weighted by atomic mass is 16.5. The van der Waals surface area contributed by atoms with E-state index in [4.69, 9.17) is 4.74 Å². The molecular formula is C30H28N2O3. The number of rotatable bonds is 4. The number of ketones is 1. The Balaban J connectivity index is 1.55. The molecule has 0 spiro atoms. The summed E-state index contributed by atoms with van der Waals surface area (Å²) in [5, 5.41) is 3.60. The molecule has 0 radical (unpaired) electrons. The van der Waals surface area contributed by atoms with Gasteiger partial charge in [0.05, 0.1) is 24.5 Å². The van der Waals surface area contributed by atoms with Crippen molar-refractivity contribution in [3.8, 4) is 5.75 Å². The van der Waals surface area contributed by atoms with Crippen molar-refractivity contribution in [2.75, 3.05) is 17.3 Å². The minimum atomic E-state index is -0.506. The zero-order valence-corrected chi connectivity index (χ0v) is 19.7. The van der Waals surface area contributed by atoms with E-state index in [9.17, 15) is 9.59 Å². The fourth-order valence-corrected chi connectivity index (χ4v) is 5.45. The summed E-state index contributed by atoms with van der Waals surface area (Å²) >= 11 is 0. The Morgan fingerprint density at radius 1 is 0.914 bits per heavy atom. The fourth-order valence-electron chi connectivity index (χ4n) is 5.45. The monoisotopic (exact) mass is 464 g/mol. The highest BCUT2D eigenvalue weighted by molar-refractivity contribution is 6.07. The largest absolute Gasteiger partial charge is 0.497 e. The zero-order valence-electron chi connectivity index (χ0n) is 19.7. The minimum absolute atomic E-state index is 0.00840. The minimum Gasteiger partial charge on any atom is -0.497 e. The number of carbonyl (C=O) groups is 2. The molecule has 0 aromatic heterocycles. The third kappa shape index (κ3) is 3.91. The zero-order chi connectivity index (χ0) is 23.9. The van der Waals surface area contributed by atoms with Crippen LogP contribution in [-0.4, -0.2) is 18.8 Å². The standard InChI is InChI=1S/C30H28N2O3/c1-35-23-11-7-10-21(16-23)29-28-25(17-22(18-27(28)33)19-8-3-2-4-9-19)31-24-12-5-6-13-26(24)32(29)30(34)20-14-15-20/h2-13,16,20,22,29,31H,14-15,17-18H2,1H3/t22-,29+/m0/s1. The Hall–Kier alpha value is -3.86. The maximum atomic E-state index is 13.9. The second-order valence-corrected chi connectivity index (χ2v) is 9.64. The molecule has 176 valence electrons. The van der Waals surface area contributed by atoms with Gasteiger partial charge < -0.3 is 10.1 Å². The van der Waals surface area contributed by atoms with Crippen molar-refractivity contribution in [2.45, 2.75) is 37.6 Å². The summed E-state index contributed by atoms with van der Waals surface area (Å²) in [6.45, 7) is 0. The molecule has 0 saturated heterocycles. The molecule has 0 bridgehead atoms. The fraction of sp³-hybridized carbons (Fsp3) is 0.267. The van der Waals surface area contributed by atoms with E-state index < -0.39 is 6.04 Å². The van der Waals surface area contributed by atoms with Gasteiger partial charge in [0, 0.05) is 23.6 Å². The number of ether oxygens (including phenoxy) is 1. The number of Topliss-reactive ketones (excluding diaryl/α,β-unsaturated/α-hetero) is 1. The van der Waals surface area contributed by atoms with Crippen molar-refractivity contribution in [3.63, 3.8) is 0 Å². The first-order valence-corrected chi connectivity index (χ1v) is 12.3. The quantitative estimate of drug-likeness (QED) is 0.514. The second-order valence-electron chi connectivity index (χ2n) is 9.64. The number of para-hydroxylation sites is 2. The van der Waals surface area contributed by atoms with E-state index in [0.29, 0.717) is 24.2 Å². The number of fused-ring (bicyclic) bond motifs is 1. The van der Waals surface area contributed by atoms with E-state index in [0.717, 1.165) is 41.0 Å². The highest BCUT2D eigenvalue weighted by Gasteiger charge is 2.45. The van der Waals surface area contributed by atoms with Crippen molar-refractivity contribution in [1.29, 1.82) is 0 Å². The van der Waals surface area contributed by atoms with Crippen molar-refractivity contribution in [1.82, 2.24) is 0 Å². The number of nitrogens with zero attached hydrogens (tertiary/aromatic N) is 1. The summed E-state index contributed by atoms with van der Waals surface area (Å²) in [5.41, 5.74) is 5.32. The summed E-state index contributed by atoms with van der Waals surface area (Å²) in [5.74, 6) is 0.979. The third-order valence-corrected chi connectivity index (χ3v) is 7.33. The molecule has 1 aliphatic heterocycles. The van der Waals surface area contributed by atoms with Gasteiger partial charge in [-0.15, -0.1) is 0 Å². The topological polar surface area (TPSA) is 58.6 Å². The van der Waals surface area contributed by atoms with E-state index >= 15 is 0 Å². The molecule has 35 heavy (non-hydrogen) atoms. The number of hydrogen-bond donors (Lipinski definition) is 1. The Bertz CT molecular complexity index is 1330. The Morgan fingerprint density at radius 3 is 2.43 bits per heavy atom. The van der Waals surface area contributed by atoms with Crippen LogP contribution in [0.4, 0.5) is 11.4 Å². The van der Waals surface area contributed by atoms with Gasteiger partial charge >= 0.3 is 0 Å². The average molecular weight is 465 g/mol. The lowest BCUT2D eigenvalue weighted by molar-refractivity contribution is -0.120. The van der Waals surface area contributed by atoms with Gasteiger partial charge in [-0.1, -0.05) is 54.6 Å². The summed E-state index contributed by atoms with van der Waals surface area (Å²) in [6, 6.07) is 25.4. The van der Waals surface area contributed by atoms with Crippen LogP contribution in [0.2, 0.25) is 0 Å². The van der Waals surface area contributed by atoms with Gasteiger partial charge in [0.1, 0.15) is 5.75 Å². The molecular weight excluding hydrogens is 436 g/mol. The Morgan fingerprint density at radius 2 is 1.66 bits per heavy atom. The number of carbonyl (C=O) groups excluding carboxylic acids is 2. The molecule has 6 rings (SSSR count). The first-order chi connectivity index (χ1) is 17.1. The van der Waals surface area contributed by atoms with Crippen LogP contribution in [0.3, 0.4) is 0 Å². The van der Waals surface area contributed by atoms with Crippen LogP contribution in [0.5, 0.6) is 5.75 Å². The summed E-state index contributed by atoms with van der Waals surface area (Å²) in [6.07, 6.45) is 2.93.